The molecule has 0 aromatic heterocycles. The van der Waals surface area contributed by atoms with Gasteiger partial charge in [-0.1, -0.05) is 30.0 Å². The van der Waals surface area contributed by atoms with Crippen molar-refractivity contribution in [3.8, 4) is 11.8 Å². The summed E-state index contributed by atoms with van der Waals surface area (Å²) in [6.45, 7) is 0.127. The Labute approximate surface area is 82.3 Å². The van der Waals surface area contributed by atoms with Crippen molar-refractivity contribution in [1.82, 2.24) is 5.01 Å². The minimum Gasteiger partial charge on any atom is -0.235 e. The lowest BCUT2D eigenvalue weighted by Gasteiger charge is -2.01. The van der Waals surface area contributed by atoms with Crippen LogP contribution in [-0.2, 0) is 0 Å². The third-order valence-electron chi connectivity index (χ3n) is 1.59. The van der Waals surface area contributed by atoms with Gasteiger partial charge in [0.15, 0.2) is 5.03 Å². The third-order valence-corrected chi connectivity index (χ3v) is 1.59. The number of benzene rings is 1. The van der Waals surface area contributed by atoms with Crippen LogP contribution in [0.1, 0.15) is 5.56 Å². The average Bonchev–Trinajstić information content (AvgIpc) is 2.19. The number of rotatable bonds is 2. The first-order chi connectivity index (χ1) is 6.70. The van der Waals surface area contributed by atoms with Crippen molar-refractivity contribution in [2.45, 2.75) is 0 Å². The maximum Gasteiger partial charge on any atom is 0.160 e. The highest BCUT2D eigenvalue weighted by Crippen LogP contribution is 1.94. The minimum absolute atomic E-state index is 0.127. The third kappa shape index (κ3) is 3.15. The molecule has 0 fully saturated rings. The predicted molar refractivity (Wildman–Crippen MR) is 52.9 cm³/mol. The number of nitro groups is 1. The molecule has 0 aliphatic rings. The van der Waals surface area contributed by atoms with Crippen LogP contribution in [0.3, 0.4) is 0 Å². The summed E-state index contributed by atoms with van der Waals surface area (Å²) in [5, 5.41) is 10.7. The fraction of sp³-hybridized carbons (Fsp3) is 0.200. The molecule has 0 radical (unpaired) electrons. The topological polar surface area (TPSA) is 46.4 Å². The Balaban J connectivity index is 2.53. The number of nitrogens with zero attached hydrogens (tertiary/aromatic N) is 2. The number of hydrogen-bond donors (Lipinski definition) is 0. The van der Waals surface area contributed by atoms with Gasteiger partial charge in [0.2, 0.25) is 0 Å². The zero-order valence-corrected chi connectivity index (χ0v) is 7.80. The summed E-state index contributed by atoms with van der Waals surface area (Å²) in [5.74, 6) is 5.55. The van der Waals surface area contributed by atoms with Crippen molar-refractivity contribution in [3.63, 3.8) is 0 Å². The van der Waals surface area contributed by atoms with E-state index in [9.17, 15) is 10.1 Å². The first-order valence-electron chi connectivity index (χ1n) is 4.09. The molecule has 0 atom stereocenters. The normalized spacial score (nSPS) is 8.64. The van der Waals surface area contributed by atoms with E-state index in [4.69, 9.17) is 0 Å². The molecule has 0 bridgehead atoms. The van der Waals surface area contributed by atoms with Gasteiger partial charge in [-0.3, -0.25) is 0 Å². The minimum atomic E-state index is -0.486. The molecule has 72 valence electrons. The van der Waals surface area contributed by atoms with Gasteiger partial charge in [0.25, 0.3) is 0 Å². The standard InChI is InChI=1S/C10H10N2O2/c1-11(12(13)14)9-5-8-10-6-3-2-4-7-10/h2-4,6-7H,9H2,1H3. The fourth-order valence-corrected chi connectivity index (χ4v) is 0.835. The molecule has 0 saturated carbocycles. The highest BCUT2D eigenvalue weighted by Gasteiger charge is 2.01. The molecule has 0 saturated heterocycles. The van der Waals surface area contributed by atoms with Crippen LogP contribution in [0.15, 0.2) is 30.3 Å². The van der Waals surface area contributed by atoms with E-state index in [0.29, 0.717) is 0 Å². The van der Waals surface area contributed by atoms with Crippen LogP contribution in [-0.4, -0.2) is 23.6 Å². The fourth-order valence-electron chi connectivity index (χ4n) is 0.835. The van der Waals surface area contributed by atoms with Crippen LogP contribution in [0.4, 0.5) is 0 Å². The van der Waals surface area contributed by atoms with Crippen LogP contribution >= 0.6 is 0 Å². The van der Waals surface area contributed by atoms with Crippen molar-refractivity contribution in [2.24, 2.45) is 0 Å². The summed E-state index contributed by atoms with van der Waals surface area (Å²) in [7, 11) is 1.39. The Hall–Kier alpha value is -2.02. The summed E-state index contributed by atoms with van der Waals surface area (Å²) in [6, 6.07) is 9.37. The first-order valence-corrected chi connectivity index (χ1v) is 4.09. The summed E-state index contributed by atoms with van der Waals surface area (Å²) < 4.78 is 0. The van der Waals surface area contributed by atoms with E-state index in [0.717, 1.165) is 10.6 Å². The van der Waals surface area contributed by atoms with Crippen LogP contribution < -0.4 is 0 Å². The summed E-state index contributed by atoms with van der Waals surface area (Å²) >= 11 is 0. The Morgan fingerprint density at radius 2 is 2.07 bits per heavy atom. The summed E-state index contributed by atoms with van der Waals surface area (Å²) in [6.07, 6.45) is 0. The van der Waals surface area contributed by atoms with Gasteiger partial charge in [0, 0.05) is 5.56 Å². The van der Waals surface area contributed by atoms with Crippen molar-refractivity contribution in [3.05, 3.63) is 46.0 Å². The molecule has 0 aliphatic heterocycles. The van der Waals surface area contributed by atoms with Crippen LogP contribution in [0.25, 0.3) is 0 Å². The zero-order chi connectivity index (χ0) is 10.4. The second-order valence-electron chi connectivity index (χ2n) is 2.72. The van der Waals surface area contributed by atoms with E-state index >= 15 is 0 Å². The lowest BCUT2D eigenvalue weighted by atomic mass is 10.2. The second kappa shape index (κ2) is 4.87. The molecule has 0 N–H and O–H groups in total. The van der Waals surface area contributed by atoms with Gasteiger partial charge in [-0.05, 0) is 12.1 Å². The number of hydrogen-bond acceptors (Lipinski definition) is 2. The van der Waals surface area contributed by atoms with Gasteiger partial charge in [0.05, 0.1) is 7.05 Å². The quantitative estimate of drug-likeness (QED) is 0.399. The Morgan fingerprint density at radius 3 is 2.64 bits per heavy atom. The van der Waals surface area contributed by atoms with Crippen LogP contribution in [0.2, 0.25) is 0 Å². The highest BCUT2D eigenvalue weighted by atomic mass is 16.7. The predicted octanol–water partition coefficient (Wildman–Crippen LogP) is 1.16. The van der Waals surface area contributed by atoms with Gasteiger partial charge >= 0.3 is 0 Å². The largest absolute Gasteiger partial charge is 0.235 e. The number of hydrazine groups is 1. The van der Waals surface area contributed by atoms with Gasteiger partial charge in [-0.2, -0.15) is 0 Å². The van der Waals surface area contributed by atoms with Crippen molar-refractivity contribution in [1.29, 1.82) is 0 Å². The molecule has 0 amide bonds. The van der Waals surface area contributed by atoms with Crippen molar-refractivity contribution < 1.29 is 5.03 Å². The molecule has 1 aromatic rings. The summed E-state index contributed by atoms with van der Waals surface area (Å²) in [5.41, 5.74) is 0.865. The Kier molecular flexibility index (Phi) is 3.50. The second-order valence-corrected chi connectivity index (χ2v) is 2.72. The lowest BCUT2D eigenvalue weighted by Crippen LogP contribution is -2.25. The molecule has 0 unspecified atom stereocenters. The summed E-state index contributed by atoms with van der Waals surface area (Å²) in [4.78, 5) is 10.2. The first kappa shape index (κ1) is 10.1. The van der Waals surface area contributed by atoms with Crippen molar-refractivity contribution in [2.75, 3.05) is 13.6 Å². The molecule has 4 nitrogen and oxygen atoms in total. The lowest BCUT2D eigenvalue weighted by molar-refractivity contribution is -0.646. The van der Waals surface area contributed by atoms with Gasteiger partial charge in [-0.25, -0.2) is 10.1 Å². The Morgan fingerprint density at radius 1 is 1.43 bits per heavy atom. The molecule has 14 heavy (non-hydrogen) atoms. The molecule has 4 heteroatoms. The maximum absolute atomic E-state index is 10.2. The van der Waals surface area contributed by atoms with Gasteiger partial charge in [0.1, 0.15) is 6.54 Å². The smallest absolute Gasteiger partial charge is 0.160 e. The molecule has 0 aliphatic carbocycles. The van der Waals surface area contributed by atoms with Crippen LogP contribution in [0.5, 0.6) is 0 Å². The van der Waals surface area contributed by atoms with E-state index < -0.39 is 5.03 Å². The molecule has 0 spiro atoms. The molecule has 0 heterocycles. The molecule has 1 aromatic carbocycles. The van der Waals surface area contributed by atoms with Gasteiger partial charge < -0.3 is 0 Å². The van der Waals surface area contributed by atoms with E-state index in [-0.39, 0.29) is 6.54 Å². The molecular formula is C10H10N2O2. The highest BCUT2D eigenvalue weighted by molar-refractivity contribution is 5.33. The average molecular weight is 190 g/mol. The van der Waals surface area contributed by atoms with E-state index in [1.54, 1.807) is 0 Å². The van der Waals surface area contributed by atoms with Gasteiger partial charge in [-0.15, -0.1) is 5.01 Å². The molecular weight excluding hydrogens is 180 g/mol. The van der Waals surface area contributed by atoms with Crippen LogP contribution in [0, 0.1) is 22.0 Å². The monoisotopic (exact) mass is 190 g/mol. The zero-order valence-electron chi connectivity index (χ0n) is 7.80. The molecule has 1 rings (SSSR count). The van der Waals surface area contributed by atoms with Crippen molar-refractivity contribution >= 4 is 0 Å². The van der Waals surface area contributed by atoms with E-state index in [2.05, 4.69) is 11.8 Å². The SMILES string of the molecule is CN(CC#Cc1ccccc1)[N+](=O)[O-]. The van der Waals surface area contributed by atoms with E-state index in [1.807, 2.05) is 30.3 Å². The maximum atomic E-state index is 10.2. The Bertz CT molecular complexity index is 365. The van der Waals surface area contributed by atoms with E-state index in [1.165, 1.54) is 7.05 Å².